The molecule has 6 N–H and O–H groups in total. The summed E-state index contributed by atoms with van der Waals surface area (Å²) in [5.74, 6) is 5.54. The van der Waals surface area contributed by atoms with Gasteiger partial charge in [0.15, 0.2) is 0 Å². The highest BCUT2D eigenvalue weighted by Crippen LogP contribution is 2.57. The summed E-state index contributed by atoms with van der Waals surface area (Å²) in [5, 5.41) is 31.4. The number of carbonyl (C=O) groups excluding carboxylic acids is 2. The van der Waals surface area contributed by atoms with Crippen LogP contribution in [0.25, 0.3) is 0 Å². The predicted octanol–water partition coefficient (Wildman–Crippen LogP) is 8.39. The summed E-state index contributed by atoms with van der Waals surface area (Å²) in [4.78, 5) is 22.3. The second-order valence-electron chi connectivity index (χ2n) is 17.7. The third kappa shape index (κ3) is 8.59. The minimum Gasteiger partial charge on any atom is -0.377 e. The van der Waals surface area contributed by atoms with Gasteiger partial charge in [0.2, 0.25) is 34.6 Å². The molecule has 0 aromatic heterocycles. The van der Waals surface area contributed by atoms with Gasteiger partial charge in [-0.15, -0.1) is 6.42 Å². The van der Waals surface area contributed by atoms with E-state index in [2.05, 4.69) is 63.0 Å². The highest BCUT2D eigenvalue weighted by atomic mass is 79.9. The number of nitrogens with zero attached hydrogens (tertiary/aromatic N) is 4. The molecule has 2 fully saturated rings. The van der Waals surface area contributed by atoms with Crippen LogP contribution in [0.4, 0.5) is 28.9 Å². The fourth-order valence-electron chi connectivity index (χ4n) is 9.83. The number of primary amides is 2. The maximum Gasteiger partial charge on any atom is 0.250 e. The summed E-state index contributed by atoms with van der Waals surface area (Å²) >= 11 is 3.06. The molecule has 10 rings (SSSR count). The number of terminal acetylenes is 1. The number of hydrogen-bond donors (Lipinski definition) is 4. The van der Waals surface area contributed by atoms with Crippen LogP contribution >= 0.6 is 15.9 Å². The van der Waals surface area contributed by atoms with Gasteiger partial charge in [0, 0.05) is 57.3 Å². The van der Waals surface area contributed by atoms with Gasteiger partial charge in [0.25, 0.3) is 0 Å². The van der Waals surface area contributed by atoms with E-state index in [1.807, 2.05) is 24.0 Å². The van der Waals surface area contributed by atoms with Gasteiger partial charge in [-0.3, -0.25) is 9.59 Å². The first kappa shape index (κ1) is 46.7. The molecular weight excluding hydrogens is 929 g/mol. The van der Waals surface area contributed by atoms with Gasteiger partial charge in [0.1, 0.15) is 34.5 Å². The molecule has 0 bridgehead atoms. The Balaban J connectivity index is 0.000000154. The normalized spacial score (nSPS) is 27.1. The van der Waals surface area contributed by atoms with E-state index in [9.17, 15) is 37.4 Å². The summed E-state index contributed by atoms with van der Waals surface area (Å²) in [5.41, 5.74) is 13.2. The lowest BCUT2D eigenvalue weighted by Crippen LogP contribution is -2.45. The molecule has 0 saturated heterocycles. The van der Waals surface area contributed by atoms with Crippen molar-refractivity contribution < 1.29 is 46.7 Å². The minimum absolute atomic E-state index is 0.0119. The number of fused-ring (bicyclic) bond motifs is 4. The average Bonchev–Trinajstić information content (AvgIpc) is 4.03. The Morgan fingerprint density at radius 2 is 1.12 bits per heavy atom. The van der Waals surface area contributed by atoms with Gasteiger partial charge in [-0.05, 0) is 135 Å². The molecule has 4 aromatic rings. The van der Waals surface area contributed by atoms with E-state index in [0.717, 1.165) is 53.3 Å². The smallest absolute Gasteiger partial charge is 0.250 e. The van der Waals surface area contributed by atoms with Crippen LogP contribution in [0.2, 0.25) is 0 Å². The van der Waals surface area contributed by atoms with Crippen molar-refractivity contribution >= 4 is 63.0 Å². The van der Waals surface area contributed by atoms with Gasteiger partial charge in [-0.2, -0.15) is 0 Å². The van der Waals surface area contributed by atoms with E-state index >= 15 is 0 Å². The highest BCUT2D eigenvalue weighted by molar-refractivity contribution is 9.10. The first-order valence-electron chi connectivity index (χ1n) is 21.4. The third-order valence-electron chi connectivity index (χ3n) is 13.9. The van der Waals surface area contributed by atoms with Crippen LogP contribution in [0.3, 0.4) is 0 Å². The second kappa shape index (κ2) is 17.8. The molecule has 4 aliphatic carbocycles. The Morgan fingerprint density at radius 3 is 1.58 bits per heavy atom. The third-order valence-corrected chi connectivity index (χ3v) is 14.5. The van der Waals surface area contributed by atoms with Gasteiger partial charge < -0.3 is 21.7 Å². The fourth-order valence-corrected chi connectivity index (χ4v) is 10.3. The Kier molecular flexibility index (Phi) is 12.4. The molecule has 2 aliphatic heterocycles. The van der Waals surface area contributed by atoms with Crippen LogP contribution in [0, 0.1) is 70.1 Å². The number of nitrogens with two attached hydrogens (primary N) is 2. The molecule has 0 spiro atoms. The molecule has 4 aromatic carbocycles. The molecule has 6 atom stereocenters. The van der Waals surface area contributed by atoms with Crippen molar-refractivity contribution in [3.05, 3.63) is 153 Å². The van der Waals surface area contributed by atoms with E-state index in [1.54, 1.807) is 28.9 Å². The fraction of sp³-hybridized carbons (Fsp3) is 0.269. The molecular formula is C52H45BrF4N6O4+2. The molecule has 15 heteroatoms. The monoisotopic (exact) mass is 972 g/mol. The number of rotatable bonds is 4. The highest BCUT2D eigenvalue weighted by Gasteiger charge is 2.59. The number of allylic oxidation sites excluding steroid dienone is 2. The standard InChI is InChI=1S/C26H21F2N3O2.C19H18FN2O.C7H5BrFNO/c1-25-14-17-15-30-31(21-6-4-19(27)5-7-21)23(17)12-18(25)9-11-26(25,33)10-8-16-2-3-20(28)13-22(16)24(29)32;1-3-19(23)9-8-14-10-17-13(11-18(14,19)2)12-21-22(17)16-6-4-15(20)5-7-16;8-6-2-1-4(9)3-5(6)7(10)11/h2-7,12-13,15,17,33H,9,11,14H2,1H3,(H-,29,32);1,4-7,10,12-13,23H,8-9,11H2,2H3;1-3H,(H2,10,11)/q;+1;/p+1/t17?,25-,26-;13?,18-,19-;/m00./s1. The zero-order valence-corrected chi connectivity index (χ0v) is 38.0. The molecule has 0 radical (unpaired) electrons. The Hall–Kier alpha value is -6.78. The van der Waals surface area contributed by atoms with E-state index in [4.69, 9.17) is 17.9 Å². The van der Waals surface area contributed by atoms with E-state index in [1.165, 1.54) is 54.1 Å². The van der Waals surface area contributed by atoms with Crippen LogP contribution in [0.15, 0.2) is 123 Å². The number of carbonyl (C=O) groups is 2. The average molecular weight is 974 g/mol. The predicted molar refractivity (Wildman–Crippen MR) is 250 cm³/mol. The van der Waals surface area contributed by atoms with Crippen molar-refractivity contribution in [2.75, 3.05) is 0 Å². The Labute approximate surface area is 392 Å². The first-order chi connectivity index (χ1) is 31.8. The van der Waals surface area contributed by atoms with E-state index in [0.29, 0.717) is 30.2 Å². The van der Waals surface area contributed by atoms with Crippen LogP contribution in [-0.2, 0) is 0 Å². The number of benzene rings is 4. The summed E-state index contributed by atoms with van der Waals surface area (Å²) < 4.78 is 56.7. The van der Waals surface area contributed by atoms with Crippen LogP contribution in [0.5, 0.6) is 0 Å². The molecule has 67 heavy (non-hydrogen) atoms. The maximum atomic E-state index is 13.6. The lowest BCUT2D eigenvalue weighted by molar-refractivity contribution is -0.441. The van der Waals surface area contributed by atoms with Crippen molar-refractivity contribution in [1.29, 1.82) is 0 Å². The minimum atomic E-state index is -1.33. The van der Waals surface area contributed by atoms with Gasteiger partial charge in [-0.1, -0.05) is 42.8 Å². The van der Waals surface area contributed by atoms with Crippen molar-refractivity contribution in [3.63, 3.8) is 0 Å². The molecule has 2 heterocycles. The zero-order valence-electron chi connectivity index (χ0n) is 36.4. The lowest BCUT2D eigenvalue weighted by Gasteiger charge is -2.40. The number of halogens is 5. The molecule has 6 aliphatic rings. The molecule has 2 saturated carbocycles. The summed E-state index contributed by atoms with van der Waals surface area (Å²) in [6.45, 7) is 4.04. The molecule has 2 amide bonds. The Bertz CT molecular complexity index is 3040. The second-order valence-corrected chi connectivity index (χ2v) is 18.6. The van der Waals surface area contributed by atoms with Gasteiger partial charge in [0.05, 0.1) is 35.4 Å². The summed E-state index contributed by atoms with van der Waals surface area (Å²) in [6.07, 6.45) is 17.4. The van der Waals surface area contributed by atoms with Crippen LogP contribution in [-0.4, -0.2) is 66.5 Å². The molecule has 340 valence electrons. The topological polar surface area (TPSA) is 157 Å². The number of hydrogen-bond acceptors (Lipinski definition) is 6. The maximum absolute atomic E-state index is 13.6. The first-order valence-corrected chi connectivity index (χ1v) is 22.2. The van der Waals surface area contributed by atoms with Gasteiger partial charge in [-0.25, -0.2) is 17.6 Å². The van der Waals surface area contributed by atoms with E-state index < -0.39 is 45.5 Å². The zero-order chi connectivity index (χ0) is 48.1. The number of aliphatic hydroxyl groups is 2. The van der Waals surface area contributed by atoms with E-state index in [-0.39, 0.29) is 40.2 Å². The molecule has 10 nitrogen and oxygen atoms in total. The van der Waals surface area contributed by atoms with Crippen molar-refractivity contribution in [2.24, 2.45) is 44.3 Å². The summed E-state index contributed by atoms with van der Waals surface area (Å²) in [7, 11) is 0. The summed E-state index contributed by atoms with van der Waals surface area (Å²) in [6, 6.07) is 19.9. The van der Waals surface area contributed by atoms with Crippen molar-refractivity contribution in [1.82, 2.24) is 0 Å². The lowest BCUT2D eigenvalue weighted by atomic mass is 9.65. The SMILES string of the molecule is C#C[C@]1(O)CCC2=CC3=[N+](c4ccc(F)cc4)N=CC3C[C@@]21C.C[C@]12CC3C=N[N+](c4ccc(F)cc4)=C3C=C1CC[C@@]2(O)C#Cc1ccc(F)cc1C(N)=O.NC(=O)c1cc(F)ccc1Br. The van der Waals surface area contributed by atoms with Crippen LogP contribution in [0.1, 0.15) is 78.7 Å². The molecule has 2 unspecified atom stereocenters. The number of amides is 2. The largest absolute Gasteiger partial charge is 0.377 e. The quantitative estimate of drug-likeness (QED) is 0.0921. The van der Waals surface area contributed by atoms with Gasteiger partial charge >= 0.3 is 0 Å². The number of hydrazone groups is 2. The van der Waals surface area contributed by atoms with Crippen molar-refractivity contribution in [2.45, 2.75) is 63.6 Å². The Morgan fingerprint density at radius 1 is 0.687 bits per heavy atom. The van der Waals surface area contributed by atoms with Crippen molar-refractivity contribution in [3.8, 4) is 24.2 Å². The van der Waals surface area contributed by atoms with Crippen LogP contribution < -0.4 is 11.5 Å².